The average molecular weight is 334 g/mol. The number of likely N-dealkylation sites (tertiary alicyclic amines) is 1. The summed E-state index contributed by atoms with van der Waals surface area (Å²) in [4.78, 5) is 32.2. The third-order valence-electron chi connectivity index (χ3n) is 5.00. The Morgan fingerprint density at radius 1 is 1.21 bits per heavy atom. The molecule has 24 heavy (non-hydrogen) atoms. The van der Waals surface area contributed by atoms with E-state index in [1.807, 2.05) is 4.90 Å². The van der Waals surface area contributed by atoms with Gasteiger partial charge in [-0.25, -0.2) is 4.98 Å². The summed E-state index contributed by atoms with van der Waals surface area (Å²) < 4.78 is 6.89. The molecule has 7 heteroatoms. The summed E-state index contributed by atoms with van der Waals surface area (Å²) in [5.74, 6) is 0.620. The van der Waals surface area contributed by atoms with Crippen LogP contribution in [0.4, 0.5) is 0 Å². The zero-order chi connectivity index (χ0) is 16.9. The smallest absolute Gasteiger partial charge is 0.256 e. The lowest BCUT2D eigenvalue weighted by molar-refractivity contribution is -0.142. The second-order valence-electron chi connectivity index (χ2n) is 6.75. The third-order valence-corrected chi connectivity index (χ3v) is 5.00. The summed E-state index contributed by atoms with van der Waals surface area (Å²) in [6, 6.07) is 0. The van der Waals surface area contributed by atoms with Crippen LogP contribution in [-0.2, 0) is 16.1 Å². The first-order valence-corrected chi connectivity index (χ1v) is 8.72. The molecule has 0 radical (unpaired) electrons. The number of rotatable bonds is 5. The molecule has 0 aliphatic carbocycles. The van der Waals surface area contributed by atoms with E-state index < -0.39 is 0 Å². The molecule has 1 aromatic rings. The van der Waals surface area contributed by atoms with Crippen molar-refractivity contribution in [2.75, 3.05) is 45.9 Å². The molecule has 3 heterocycles. The number of ether oxygens (including phenoxy) is 1. The number of amides is 1. The van der Waals surface area contributed by atoms with Crippen molar-refractivity contribution in [2.24, 2.45) is 5.92 Å². The number of hydrogen-bond donors (Lipinski definition) is 0. The van der Waals surface area contributed by atoms with Gasteiger partial charge in [0.2, 0.25) is 5.91 Å². The van der Waals surface area contributed by atoms with Crippen LogP contribution in [0.1, 0.15) is 18.4 Å². The van der Waals surface area contributed by atoms with Crippen molar-refractivity contribution in [3.8, 4) is 0 Å². The van der Waals surface area contributed by atoms with Crippen LogP contribution in [0.3, 0.4) is 0 Å². The molecule has 0 saturated carbocycles. The molecule has 2 saturated heterocycles. The molecule has 1 amide bonds. The summed E-state index contributed by atoms with van der Waals surface area (Å²) in [5, 5.41) is 0. The standard InChI is InChI=1S/C17H26N4O3/c1-14-10-18-13-21(17(14)23)11-15-2-4-19(5-3-15)6-7-20-8-9-24-12-16(20)22/h10,13,15H,2-9,11-12H2,1H3. The van der Waals surface area contributed by atoms with E-state index in [4.69, 9.17) is 4.74 Å². The van der Waals surface area contributed by atoms with Gasteiger partial charge < -0.3 is 14.5 Å². The number of morpholine rings is 1. The molecule has 0 spiro atoms. The van der Waals surface area contributed by atoms with E-state index in [2.05, 4.69) is 9.88 Å². The van der Waals surface area contributed by atoms with E-state index in [0.29, 0.717) is 24.6 Å². The Labute approximate surface area is 142 Å². The Hall–Kier alpha value is -1.73. The first kappa shape index (κ1) is 17.1. The van der Waals surface area contributed by atoms with Crippen molar-refractivity contribution in [2.45, 2.75) is 26.3 Å². The molecule has 2 aliphatic rings. The van der Waals surface area contributed by atoms with Gasteiger partial charge in [0, 0.05) is 37.9 Å². The highest BCUT2D eigenvalue weighted by Gasteiger charge is 2.22. The predicted octanol–water partition coefficient (Wildman–Crippen LogP) is 0.123. The summed E-state index contributed by atoms with van der Waals surface area (Å²) >= 11 is 0. The van der Waals surface area contributed by atoms with Gasteiger partial charge in [0.1, 0.15) is 6.61 Å². The van der Waals surface area contributed by atoms with Crippen molar-refractivity contribution in [1.29, 1.82) is 0 Å². The van der Waals surface area contributed by atoms with E-state index in [1.165, 1.54) is 0 Å². The van der Waals surface area contributed by atoms with Crippen LogP contribution in [0.2, 0.25) is 0 Å². The Kier molecular flexibility index (Phi) is 5.63. The molecular weight excluding hydrogens is 308 g/mol. The Morgan fingerprint density at radius 3 is 2.75 bits per heavy atom. The quantitative estimate of drug-likeness (QED) is 0.765. The van der Waals surface area contributed by atoms with Gasteiger partial charge in [-0.2, -0.15) is 0 Å². The maximum Gasteiger partial charge on any atom is 0.256 e. The minimum absolute atomic E-state index is 0.0678. The van der Waals surface area contributed by atoms with Crippen LogP contribution in [-0.4, -0.2) is 71.2 Å². The summed E-state index contributed by atoms with van der Waals surface area (Å²) in [6.45, 7) is 7.89. The number of carbonyl (C=O) groups excluding carboxylic acids is 1. The monoisotopic (exact) mass is 334 g/mol. The van der Waals surface area contributed by atoms with Gasteiger partial charge in [-0.1, -0.05) is 0 Å². The predicted molar refractivity (Wildman–Crippen MR) is 89.8 cm³/mol. The first-order valence-electron chi connectivity index (χ1n) is 8.72. The first-order chi connectivity index (χ1) is 11.6. The fourth-order valence-electron chi connectivity index (χ4n) is 3.41. The van der Waals surface area contributed by atoms with Gasteiger partial charge in [0.25, 0.3) is 5.56 Å². The highest BCUT2D eigenvalue weighted by Crippen LogP contribution is 2.18. The van der Waals surface area contributed by atoms with Gasteiger partial charge >= 0.3 is 0 Å². The number of hydrogen-bond acceptors (Lipinski definition) is 5. The molecule has 132 valence electrons. The van der Waals surface area contributed by atoms with Crippen LogP contribution >= 0.6 is 0 Å². The number of nitrogens with zero attached hydrogens (tertiary/aromatic N) is 4. The van der Waals surface area contributed by atoms with E-state index in [-0.39, 0.29) is 18.1 Å². The van der Waals surface area contributed by atoms with Crippen molar-refractivity contribution in [1.82, 2.24) is 19.4 Å². The van der Waals surface area contributed by atoms with Gasteiger partial charge in [0.05, 0.1) is 12.9 Å². The molecule has 1 aromatic heterocycles. The molecule has 3 rings (SSSR count). The second kappa shape index (κ2) is 7.90. The molecular formula is C17H26N4O3. The Morgan fingerprint density at radius 2 is 2.00 bits per heavy atom. The van der Waals surface area contributed by atoms with Gasteiger partial charge in [0.15, 0.2) is 0 Å². The summed E-state index contributed by atoms with van der Waals surface area (Å²) in [5.41, 5.74) is 0.767. The topological polar surface area (TPSA) is 67.7 Å². The largest absolute Gasteiger partial charge is 0.370 e. The third kappa shape index (κ3) is 4.21. The van der Waals surface area contributed by atoms with Crippen LogP contribution in [0, 0.1) is 12.8 Å². The number of aromatic nitrogens is 2. The molecule has 2 fully saturated rings. The van der Waals surface area contributed by atoms with Crippen LogP contribution in [0.5, 0.6) is 0 Å². The van der Waals surface area contributed by atoms with Gasteiger partial charge in [-0.15, -0.1) is 0 Å². The Bertz CT molecular complexity index is 623. The Balaban J connectivity index is 1.43. The maximum atomic E-state index is 12.1. The number of aryl methyl sites for hydroxylation is 1. The summed E-state index contributed by atoms with van der Waals surface area (Å²) in [6.07, 6.45) is 5.43. The maximum absolute atomic E-state index is 12.1. The second-order valence-corrected chi connectivity index (χ2v) is 6.75. The highest BCUT2D eigenvalue weighted by atomic mass is 16.5. The lowest BCUT2D eigenvalue weighted by atomic mass is 9.96. The summed E-state index contributed by atoms with van der Waals surface area (Å²) in [7, 11) is 0. The molecule has 0 N–H and O–H groups in total. The van der Waals surface area contributed by atoms with Crippen molar-refractivity contribution >= 4 is 5.91 Å². The van der Waals surface area contributed by atoms with E-state index in [1.54, 1.807) is 24.0 Å². The number of carbonyl (C=O) groups is 1. The zero-order valence-corrected chi connectivity index (χ0v) is 14.3. The van der Waals surface area contributed by atoms with Crippen LogP contribution in [0.15, 0.2) is 17.3 Å². The lowest BCUT2D eigenvalue weighted by Crippen LogP contribution is -2.46. The molecule has 0 bridgehead atoms. The van der Waals surface area contributed by atoms with E-state index in [0.717, 1.165) is 45.6 Å². The van der Waals surface area contributed by atoms with Crippen molar-refractivity contribution in [3.63, 3.8) is 0 Å². The number of piperidine rings is 1. The molecule has 2 aliphatic heterocycles. The van der Waals surface area contributed by atoms with Gasteiger partial charge in [-0.3, -0.25) is 14.2 Å². The molecule has 0 aromatic carbocycles. The van der Waals surface area contributed by atoms with Crippen molar-refractivity contribution < 1.29 is 9.53 Å². The van der Waals surface area contributed by atoms with Crippen molar-refractivity contribution in [3.05, 3.63) is 28.4 Å². The highest BCUT2D eigenvalue weighted by molar-refractivity contribution is 5.77. The minimum Gasteiger partial charge on any atom is -0.370 e. The lowest BCUT2D eigenvalue weighted by Gasteiger charge is -2.34. The van der Waals surface area contributed by atoms with E-state index >= 15 is 0 Å². The minimum atomic E-state index is 0.0678. The fourth-order valence-corrected chi connectivity index (χ4v) is 3.41. The van der Waals surface area contributed by atoms with Crippen LogP contribution in [0.25, 0.3) is 0 Å². The fraction of sp³-hybridized carbons (Fsp3) is 0.706. The van der Waals surface area contributed by atoms with Crippen LogP contribution < -0.4 is 5.56 Å². The van der Waals surface area contributed by atoms with Gasteiger partial charge in [-0.05, 0) is 38.8 Å². The molecule has 0 unspecified atom stereocenters. The average Bonchev–Trinajstić information content (AvgIpc) is 2.59. The zero-order valence-electron chi connectivity index (χ0n) is 14.3. The normalized spacial score (nSPS) is 20.5. The molecule has 7 nitrogen and oxygen atoms in total. The SMILES string of the molecule is Cc1cncn(CC2CCN(CCN3CCOCC3=O)CC2)c1=O. The van der Waals surface area contributed by atoms with E-state index in [9.17, 15) is 9.59 Å². The molecule has 0 atom stereocenters.